The molecule has 7 heteroatoms. The predicted octanol–water partition coefficient (Wildman–Crippen LogP) is 2.90. The summed E-state index contributed by atoms with van der Waals surface area (Å²) in [6, 6.07) is 7.76. The van der Waals surface area contributed by atoms with Crippen LogP contribution < -0.4 is 15.8 Å². The maximum Gasteiger partial charge on any atom is 0.233 e. The summed E-state index contributed by atoms with van der Waals surface area (Å²) >= 11 is 1.41. The van der Waals surface area contributed by atoms with Crippen molar-refractivity contribution in [3.8, 4) is 17.0 Å². The second-order valence-corrected chi connectivity index (χ2v) is 6.90. The van der Waals surface area contributed by atoms with Crippen LogP contribution in [0.4, 0.5) is 5.13 Å². The van der Waals surface area contributed by atoms with Crippen molar-refractivity contribution in [2.75, 3.05) is 31.7 Å². The number of carbonyl (C=O) groups excluding carboxylic acids is 1. The number of thiazole rings is 1. The van der Waals surface area contributed by atoms with Crippen LogP contribution in [0, 0.1) is 5.41 Å². The molecule has 1 saturated heterocycles. The van der Waals surface area contributed by atoms with Crippen molar-refractivity contribution in [2.45, 2.75) is 19.8 Å². The van der Waals surface area contributed by atoms with Crippen LogP contribution in [0.25, 0.3) is 11.3 Å². The van der Waals surface area contributed by atoms with Gasteiger partial charge in [-0.25, -0.2) is 4.98 Å². The average Bonchev–Trinajstić information content (AvgIpc) is 3.11. The Bertz CT molecular complexity index is 709. The quantitative estimate of drug-likeness (QED) is 0.826. The van der Waals surface area contributed by atoms with E-state index in [1.54, 1.807) is 0 Å². The second kappa shape index (κ2) is 7.95. The van der Waals surface area contributed by atoms with E-state index in [2.05, 4.69) is 10.3 Å². The van der Waals surface area contributed by atoms with E-state index in [4.69, 9.17) is 15.2 Å². The van der Waals surface area contributed by atoms with E-state index in [9.17, 15) is 4.79 Å². The highest BCUT2D eigenvalue weighted by atomic mass is 32.1. The summed E-state index contributed by atoms with van der Waals surface area (Å²) in [7, 11) is 0. The Morgan fingerprint density at radius 3 is 2.72 bits per heavy atom. The summed E-state index contributed by atoms with van der Waals surface area (Å²) in [5.74, 6) is 0.769. The van der Waals surface area contributed by atoms with E-state index in [1.165, 1.54) is 11.3 Å². The Morgan fingerprint density at radius 2 is 2.08 bits per heavy atom. The molecule has 1 aliphatic rings. The molecule has 3 rings (SSSR count). The minimum Gasteiger partial charge on any atom is -0.494 e. The predicted molar refractivity (Wildman–Crippen MR) is 98.9 cm³/mol. The van der Waals surface area contributed by atoms with Gasteiger partial charge in [-0.1, -0.05) is 0 Å². The monoisotopic (exact) mass is 361 g/mol. The normalized spacial score (nSPS) is 16.4. The number of benzene rings is 1. The van der Waals surface area contributed by atoms with E-state index in [1.807, 2.05) is 36.6 Å². The molecule has 1 fully saturated rings. The first-order valence-electron chi connectivity index (χ1n) is 8.45. The first-order chi connectivity index (χ1) is 12.2. The molecule has 0 aliphatic carbocycles. The van der Waals surface area contributed by atoms with Gasteiger partial charge in [0, 0.05) is 30.7 Å². The molecule has 0 radical (unpaired) electrons. The van der Waals surface area contributed by atoms with E-state index in [-0.39, 0.29) is 5.91 Å². The Hall–Kier alpha value is -1.96. The molecule has 0 unspecified atom stereocenters. The zero-order valence-corrected chi connectivity index (χ0v) is 15.1. The molecular weight excluding hydrogens is 338 g/mol. The molecule has 6 nitrogen and oxygen atoms in total. The van der Waals surface area contributed by atoms with Gasteiger partial charge >= 0.3 is 0 Å². The Kier molecular flexibility index (Phi) is 5.67. The van der Waals surface area contributed by atoms with Gasteiger partial charge in [-0.15, -0.1) is 11.3 Å². The highest BCUT2D eigenvalue weighted by Crippen LogP contribution is 2.32. The van der Waals surface area contributed by atoms with Crippen molar-refractivity contribution in [1.82, 2.24) is 4.98 Å². The zero-order valence-electron chi connectivity index (χ0n) is 14.3. The minimum atomic E-state index is -0.552. The molecule has 0 bridgehead atoms. The number of aromatic nitrogens is 1. The van der Waals surface area contributed by atoms with Gasteiger partial charge in [0.2, 0.25) is 5.91 Å². The van der Waals surface area contributed by atoms with Crippen LogP contribution in [-0.2, 0) is 9.53 Å². The number of nitrogens with one attached hydrogen (secondary N) is 1. The third kappa shape index (κ3) is 4.00. The van der Waals surface area contributed by atoms with Crippen molar-refractivity contribution in [2.24, 2.45) is 11.1 Å². The number of nitrogens with two attached hydrogens (primary N) is 1. The summed E-state index contributed by atoms with van der Waals surface area (Å²) in [4.78, 5) is 17.2. The number of ether oxygens (including phenoxy) is 2. The molecule has 1 amide bonds. The molecule has 1 aliphatic heterocycles. The van der Waals surface area contributed by atoms with Crippen molar-refractivity contribution in [3.63, 3.8) is 0 Å². The smallest absolute Gasteiger partial charge is 0.233 e. The Balaban J connectivity index is 1.69. The number of anilines is 1. The zero-order chi connectivity index (χ0) is 17.7. The summed E-state index contributed by atoms with van der Waals surface area (Å²) < 4.78 is 10.8. The van der Waals surface area contributed by atoms with Crippen molar-refractivity contribution in [1.29, 1.82) is 0 Å². The molecule has 0 saturated carbocycles. The molecule has 25 heavy (non-hydrogen) atoms. The van der Waals surface area contributed by atoms with Gasteiger partial charge in [0.05, 0.1) is 17.7 Å². The summed E-state index contributed by atoms with van der Waals surface area (Å²) in [5, 5.41) is 5.46. The molecule has 1 aromatic carbocycles. The van der Waals surface area contributed by atoms with Crippen LogP contribution in [0.1, 0.15) is 19.8 Å². The standard InChI is InChI=1S/C18H23N3O3S/c1-2-24-14-5-3-13(4-6-14)15-11-25-17(20-15)21-16(22)18(12-19)7-9-23-10-8-18/h3-6,11H,2,7-10,12,19H2,1H3,(H,20,21,22). The molecular formula is C18H23N3O3S. The Labute approximate surface area is 151 Å². The first-order valence-corrected chi connectivity index (χ1v) is 9.33. The van der Waals surface area contributed by atoms with Gasteiger partial charge in [-0.3, -0.25) is 4.79 Å². The highest BCUT2D eigenvalue weighted by molar-refractivity contribution is 7.14. The molecule has 2 heterocycles. The van der Waals surface area contributed by atoms with Crippen LogP contribution in [-0.4, -0.2) is 37.3 Å². The molecule has 0 atom stereocenters. The van der Waals surface area contributed by atoms with Crippen molar-refractivity contribution < 1.29 is 14.3 Å². The number of carbonyl (C=O) groups is 1. The lowest BCUT2D eigenvalue weighted by molar-refractivity contribution is -0.130. The topological polar surface area (TPSA) is 86.5 Å². The third-order valence-electron chi connectivity index (χ3n) is 4.51. The van der Waals surface area contributed by atoms with Crippen molar-refractivity contribution >= 4 is 22.4 Å². The van der Waals surface area contributed by atoms with E-state index >= 15 is 0 Å². The summed E-state index contributed by atoms with van der Waals surface area (Å²) in [6.45, 7) is 4.05. The molecule has 2 aromatic rings. The van der Waals surface area contributed by atoms with Gasteiger partial charge in [-0.2, -0.15) is 0 Å². The number of hydrogen-bond acceptors (Lipinski definition) is 6. The van der Waals surface area contributed by atoms with E-state index in [0.29, 0.717) is 44.3 Å². The van der Waals surface area contributed by atoms with Crippen molar-refractivity contribution in [3.05, 3.63) is 29.6 Å². The summed E-state index contributed by atoms with van der Waals surface area (Å²) in [5.41, 5.74) is 7.15. The maximum absolute atomic E-state index is 12.7. The lowest BCUT2D eigenvalue weighted by atomic mass is 9.79. The molecule has 1 aromatic heterocycles. The SMILES string of the molecule is CCOc1ccc(-c2csc(NC(=O)C3(CN)CCOCC3)n2)cc1. The van der Waals surface area contributed by atoms with Gasteiger partial charge in [-0.05, 0) is 44.0 Å². The van der Waals surface area contributed by atoms with E-state index in [0.717, 1.165) is 17.0 Å². The van der Waals surface area contributed by atoms with Gasteiger partial charge < -0.3 is 20.5 Å². The summed E-state index contributed by atoms with van der Waals surface area (Å²) in [6.07, 6.45) is 1.29. The van der Waals surface area contributed by atoms with Crippen LogP contribution in [0.15, 0.2) is 29.6 Å². The number of rotatable bonds is 6. The number of amides is 1. The van der Waals surface area contributed by atoms with E-state index < -0.39 is 5.41 Å². The lowest BCUT2D eigenvalue weighted by Gasteiger charge is -2.34. The van der Waals surface area contributed by atoms with Crippen LogP contribution >= 0.6 is 11.3 Å². The second-order valence-electron chi connectivity index (χ2n) is 6.05. The van der Waals surface area contributed by atoms with Crippen LogP contribution in [0.5, 0.6) is 5.75 Å². The lowest BCUT2D eigenvalue weighted by Crippen LogP contribution is -2.46. The third-order valence-corrected chi connectivity index (χ3v) is 5.27. The number of hydrogen-bond donors (Lipinski definition) is 2. The number of nitrogens with zero attached hydrogens (tertiary/aromatic N) is 1. The minimum absolute atomic E-state index is 0.0640. The largest absolute Gasteiger partial charge is 0.494 e. The molecule has 134 valence electrons. The van der Waals surface area contributed by atoms with Gasteiger partial charge in [0.15, 0.2) is 5.13 Å². The average molecular weight is 361 g/mol. The first kappa shape index (κ1) is 17.8. The molecule has 3 N–H and O–H groups in total. The fourth-order valence-corrected chi connectivity index (χ4v) is 3.58. The van der Waals surface area contributed by atoms with Crippen LogP contribution in [0.3, 0.4) is 0 Å². The fourth-order valence-electron chi connectivity index (χ4n) is 2.87. The van der Waals surface area contributed by atoms with Gasteiger partial charge in [0.25, 0.3) is 0 Å². The highest BCUT2D eigenvalue weighted by Gasteiger charge is 2.39. The van der Waals surface area contributed by atoms with Gasteiger partial charge in [0.1, 0.15) is 5.75 Å². The maximum atomic E-state index is 12.7. The Morgan fingerprint density at radius 1 is 1.36 bits per heavy atom. The fraction of sp³-hybridized carbons (Fsp3) is 0.444. The van der Waals surface area contributed by atoms with Crippen LogP contribution in [0.2, 0.25) is 0 Å². The molecule has 0 spiro atoms.